The van der Waals surface area contributed by atoms with Crippen molar-refractivity contribution in [3.05, 3.63) is 91.3 Å². The summed E-state index contributed by atoms with van der Waals surface area (Å²) >= 11 is 0. The fourth-order valence-electron chi connectivity index (χ4n) is 3.04. The molecule has 0 radical (unpaired) electrons. The highest BCUT2D eigenvalue weighted by molar-refractivity contribution is 6.05. The molecule has 9 heteroatoms. The van der Waals surface area contributed by atoms with Crippen LogP contribution in [0.15, 0.2) is 85.7 Å². The van der Waals surface area contributed by atoms with Crippen molar-refractivity contribution < 1.29 is 4.79 Å². The quantitative estimate of drug-likeness (QED) is 0.457. The number of fused-ring (bicyclic) bond motifs is 1. The molecule has 0 saturated heterocycles. The molecule has 0 aliphatic heterocycles. The van der Waals surface area contributed by atoms with Gasteiger partial charge < -0.3 is 10.6 Å². The second kappa shape index (κ2) is 7.99. The molecule has 9 nitrogen and oxygen atoms in total. The SMILES string of the molecule is O=C(Nc1ccc(Nc2cc(-n3cccn3)ncn2)cc1)c1ccc2nccnc2c1. The smallest absolute Gasteiger partial charge is 0.255 e. The second-order valence-corrected chi connectivity index (χ2v) is 6.63. The van der Waals surface area contributed by atoms with Gasteiger partial charge in [0.05, 0.1) is 11.0 Å². The van der Waals surface area contributed by atoms with Crippen molar-refractivity contribution in [2.45, 2.75) is 0 Å². The van der Waals surface area contributed by atoms with Crippen LogP contribution >= 0.6 is 0 Å². The molecule has 0 bridgehead atoms. The van der Waals surface area contributed by atoms with Crippen LogP contribution in [0.3, 0.4) is 0 Å². The van der Waals surface area contributed by atoms with Crippen molar-refractivity contribution >= 4 is 34.1 Å². The van der Waals surface area contributed by atoms with Crippen LogP contribution in [0.25, 0.3) is 16.9 Å². The number of hydrogen-bond acceptors (Lipinski definition) is 7. The van der Waals surface area contributed by atoms with E-state index in [1.54, 1.807) is 47.5 Å². The number of hydrogen-bond donors (Lipinski definition) is 2. The van der Waals surface area contributed by atoms with Crippen LogP contribution in [0.1, 0.15) is 10.4 Å². The Bertz CT molecular complexity index is 1350. The van der Waals surface area contributed by atoms with Crippen molar-refractivity contribution in [2.75, 3.05) is 10.6 Å². The Labute approximate surface area is 176 Å². The summed E-state index contributed by atoms with van der Waals surface area (Å²) in [5.41, 5.74) is 3.44. The van der Waals surface area contributed by atoms with Crippen molar-refractivity contribution in [2.24, 2.45) is 0 Å². The van der Waals surface area contributed by atoms with Crippen molar-refractivity contribution in [1.82, 2.24) is 29.7 Å². The van der Waals surface area contributed by atoms with Crippen LogP contribution in [0.2, 0.25) is 0 Å². The van der Waals surface area contributed by atoms with Gasteiger partial charge in [-0.05, 0) is 48.5 Å². The summed E-state index contributed by atoms with van der Waals surface area (Å²) in [4.78, 5) is 29.5. The third kappa shape index (κ3) is 4.06. The minimum absolute atomic E-state index is 0.215. The number of aromatic nitrogens is 6. The monoisotopic (exact) mass is 408 g/mol. The first kappa shape index (κ1) is 18.4. The summed E-state index contributed by atoms with van der Waals surface area (Å²) in [7, 11) is 0. The third-order valence-corrected chi connectivity index (χ3v) is 4.54. The van der Waals surface area contributed by atoms with Crippen LogP contribution in [0.5, 0.6) is 0 Å². The van der Waals surface area contributed by atoms with E-state index < -0.39 is 0 Å². The van der Waals surface area contributed by atoms with E-state index in [1.165, 1.54) is 6.33 Å². The molecule has 0 atom stereocenters. The van der Waals surface area contributed by atoms with E-state index in [9.17, 15) is 4.79 Å². The summed E-state index contributed by atoms with van der Waals surface area (Å²) in [6.45, 7) is 0. The Kier molecular flexibility index (Phi) is 4.74. The molecule has 2 N–H and O–H groups in total. The standard InChI is InChI=1S/C22H16N8O/c31-22(15-2-7-18-19(12-15)24-10-9-23-18)29-17-5-3-16(4-6-17)28-20-13-21(26-14-25-20)30-11-1-8-27-30/h1-14H,(H,29,31)(H,25,26,28). The van der Waals surface area contributed by atoms with Gasteiger partial charge >= 0.3 is 0 Å². The largest absolute Gasteiger partial charge is 0.340 e. The van der Waals surface area contributed by atoms with Crippen LogP contribution in [0, 0.1) is 0 Å². The molecular formula is C22H16N8O. The number of nitrogens with one attached hydrogen (secondary N) is 2. The summed E-state index contributed by atoms with van der Waals surface area (Å²) in [6, 6.07) is 16.2. The lowest BCUT2D eigenvalue weighted by Gasteiger charge is -2.09. The highest BCUT2D eigenvalue weighted by atomic mass is 16.1. The van der Waals surface area contributed by atoms with Gasteiger partial charge in [-0.25, -0.2) is 14.6 Å². The average Bonchev–Trinajstić information content (AvgIpc) is 3.35. The highest BCUT2D eigenvalue weighted by Gasteiger charge is 2.08. The van der Waals surface area contributed by atoms with E-state index in [1.807, 2.05) is 36.5 Å². The molecule has 5 aromatic rings. The molecule has 0 aliphatic carbocycles. The number of carbonyl (C=O) groups excluding carboxylic acids is 1. The molecule has 150 valence electrons. The predicted octanol–water partition coefficient (Wildman–Crippen LogP) is 3.60. The zero-order valence-corrected chi connectivity index (χ0v) is 16.2. The first-order chi connectivity index (χ1) is 15.2. The molecule has 0 aliphatic rings. The van der Waals surface area contributed by atoms with Gasteiger partial charge in [0.15, 0.2) is 5.82 Å². The summed E-state index contributed by atoms with van der Waals surface area (Å²) < 4.78 is 1.66. The number of carbonyl (C=O) groups is 1. The van der Waals surface area contributed by atoms with Gasteiger partial charge in [-0.3, -0.25) is 14.8 Å². The lowest BCUT2D eigenvalue weighted by atomic mass is 10.1. The summed E-state index contributed by atoms with van der Waals surface area (Å²) in [5.74, 6) is 1.08. The average molecular weight is 408 g/mol. The highest BCUT2D eigenvalue weighted by Crippen LogP contribution is 2.19. The maximum Gasteiger partial charge on any atom is 0.255 e. The maximum atomic E-state index is 12.6. The predicted molar refractivity (Wildman–Crippen MR) is 116 cm³/mol. The fraction of sp³-hybridized carbons (Fsp3) is 0. The van der Waals surface area contributed by atoms with Gasteiger partial charge in [0.2, 0.25) is 0 Å². The molecular weight excluding hydrogens is 392 g/mol. The zero-order chi connectivity index (χ0) is 21.0. The number of amides is 1. The van der Waals surface area contributed by atoms with E-state index in [-0.39, 0.29) is 5.91 Å². The fourth-order valence-corrected chi connectivity index (χ4v) is 3.04. The minimum atomic E-state index is -0.215. The van der Waals surface area contributed by atoms with E-state index in [2.05, 4.69) is 35.7 Å². The summed E-state index contributed by atoms with van der Waals surface area (Å²) in [5, 5.41) is 10.3. The molecule has 31 heavy (non-hydrogen) atoms. The molecule has 3 heterocycles. The number of nitrogens with zero attached hydrogens (tertiary/aromatic N) is 6. The van der Waals surface area contributed by atoms with Crippen LogP contribution in [0.4, 0.5) is 17.2 Å². The van der Waals surface area contributed by atoms with Crippen LogP contribution in [-0.4, -0.2) is 35.6 Å². The Morgan fingerprint density at radius 1 is 0.806 bits per heavy atom. The lowest BCUT2D eigenvalue weighted by Crippen LogP contribution is -2.11. The Morgan fingerprint density at radius 3 is 2.42 bits per heavy atom. The van der Waals surface area contributed by atoms with Gasteiger partial charge in [-0.1, -0.05) is 0 Å². The van der Waals surface area contributed by atoms with Crippen LogP contribution < -0.4 is 10.6 Å². The van der Waals surface area contributed by atoms with Gasteiger partial charge in [0.25, 0.3) is 5.91 Å². The van der Waals surface area contributed by atoms with Gasteiger partial charge in [-0.2, -0.15) is 5.10 Å². The van der Waals surface area contributed by atoms with E-state index >= 15 is 0 Å². The third-order valence-electron chi connectivity index (χ3n) is 4.54. The second-order valence-electron chi connectivity index (χ2n) is 6.63. The number of anilines is 3. The van der Waals surface area contributed by atoms with Gasteiger partial charge in [0, 0.05) is 47.8 Å². The molecule has 2 aromatic carbocycles. The van der Waals surface area contributed by atoms with Crippen molar-refractivity contribution in [3.8, 4) is 5.82 Å². The van der Waals surface area contributed by atoms with Gasteiger partial charge in [-0.15, -0.1) is 0 Å². The Hall–Kier alpha value is -4.66. The van der Waals surface area contributed by atoms with E-state index in [0.29, 0.717) is 28.4 Å². The Morgan fingerprint density at radius 2 is 1.61 bits per heavy atom. The van der Waals surface area contributed by atoms with Crippen LogP contribution in [-0.2, 0) is 0 Å². The summed E-state index contributed by atoms with van der Waals surface area (Å²) in [6.07, 6.45) is 8.20. The zero-order valence-electron chi connectivity index (χ0n) is 16.2. The molecule has 1 amide bonds. The van der Waals surface area contributed by atoms with Crippen molar-refractivity contribution in [1.29, 1.82) is 0 Å². The number of rotatable bonds is 5. The Balaban J connectivity index is 1.27. The topological polar surface area (TPSA) is 111 Å². The normalized spacial score (nSPS) is 10.7. The molecule has 0 fully saturated rings. The first-order valence-electron chi connectivity index (χ1n) is 9.46. The van der Waals surface area contributed by atoms with Gasteiger partial charge in [0.1, 0.15) is 12.1 Å². The minimum Gasteiger partial charge on any atom is -0.340 e. The molecule has 0 spiro atoms. The lowest BCUT2D eigenvalue weighted by molar-refractivity contribution is 0.102. The molecule has 5 rings (SSSR count). The molecule has 0 saturated carbocycles. The maximum absolute atomic E-state index is 12.6. The van der Waals surface area contributed by atoms with E-state index in [4.69, 9.17) is 0 Å². The van der Waals surface area contributed by atoms with Crippen molar-refractivity contribution in [3.63, 3.8) is 0 Å². The first-order valence-corrected chi connectivity index (χ1v) is 9.46. The van der Waals surface area contributed by atoms with E-state index in [0.717, 1.165) is 11.2 Å². The molecule has 3 aromatic heterocycles. The number of benzene rings is 2. The molecule has 0 unspecified atom stereocenters.